The maximum Gasteiger partial charge on any atom is 0.416 e. The van der Waals surface area contributed by atoms with Crippen LogP contribution in [-0.4, -0.2) is 64.2 Å². The van der Waals surface area contributed by atoms with Crippen molar-refractivity contribution in [2.24, 2.45) is 0 Å². The number of carbonyl (C=O) groups excluding carboxylic acids is 1. The van der Waals surface area contributed by atoms with Crippen molar-refractivity contribution in [3.8, 4) is 0 Å². The molecule has 0 aliphatic carbocycles. The van der Waals surface area contributed by atoms with Crippen molar-refractivity contribution in [2.75, 3.05) is 31.5 Å². The summed E-state index contributed by atoms with van der Waals surface area (Å²) in [5, 5.41) is 16.1. The summed E-state index contributed by atoms with van der Waals surface area (Å²) in [4.78, 5) is 22.5. The SMILES string of the molecule is O=C(NC1CCN(CCNc2ncccn2)CC1O)c1cccc(C(F)(F)F)c1. The number of carbonyl (C=O) groups is 1. The van der Waals surface area contributed by atoms with Gasteiger partial charge in [-0.25, -0.2) is 9.97 Å². The van der Waals surface area contributed by atoms with E-state index in [0.29, 0.717) is 38.5 Å². The highest BCUT2D eigenvalue weighted by atomic mass is 19.4. The zero-order chi connectivity index (χ0) is 20.9. The van der Waals surface area contributed by atoms with Crippen LogP contribution in [0.1, 0.15) is 22.3 Å². The van der Waals surface area contributed by atoms with Gasteiger partial charge >= 0.3 is 6.18 Å². The first kappa shape index (κ1) is 21.0. The summed E-state index contributed by atoms with van der Waals surface area (Å²) in [7, 11) is 0. The number of benzene rings is 1. The predicted molar refractivity (Wildman–Crippen MR) is 100 cm³/mol. The van der Waals surface area contributed by atoms with E-state index in [1.807, 2.05) is 4.90 Å². The van der Waals surface area contributed by atoms with Gasteiger partial charge in [0, 0.05) is 44.1 Å². The predicted octanol–water partition coefficient (Wildman–Crippen LogP) is 1.77. The van der Waals surface area contributed by atoms with Crippen LogP contribution in [-0.2, 0) is 6.18 Å². The van der Waals surface area contributed by atoms with Crippen molar-refractivity contribution in [1.29, 1.82) is 0 Å². The third-order valence-electron chi connectivity index (χ3n) is 4.71. The molecule has 1 amide bonds. The maximum absolute atomic E-state index is 12.8. The van der Waals surface area contributed by atoms with Crippen LogP contribution in [0.5, 0.6) is 0 Å². The van der Waals surface area contributed by atoms with E-state index in [2.05, 4.69) is 20.6 Å². The number of anilines is 1. The molecule has 2 aromatic rings. The quantitative estimate of drug-likeness (QED) is 0.674. The molecular weight excluding hydrogens is 387 g/mol. The van der Waals surface area contributed by atoms with Gasteiger partial charge in [-0.05, 0) is 30.7 Å². The van der Waals surface area contributed by atoms with E-state index in [4.69, 9.17) is 0 Å². The fourth-order valence-corrected chi connectivity index (χ4v) is 3.17. The van der Waals surface area contributed by atoms with Crippen molar-refractivity contribution in [3.05, 3.63) is 53.9 Å². The number of halogens is 3. The minimum atomic E-state index is -4.51. The van der Waals surface area contributed by atoms with Crippen LogP contribution in [0, 0.1) is 0 Å². The van der Waals surface area contributed by atoms with Crippen LogP contribution in [0.25, 0.3) is 0 Å². The molecule has 7 nitrogen and oxygen atoms in total. The molecule has 0 saturated carbocycles. The van der Waals surface area contributed by atoms with E-state index in [0.717, 1.165) is 12.1 Å². The fourth-order valence-electron chi connectivity index (χ4n) is 3.17. The van der Waals surface area contributed by atoms with Crippen molar-refractivity contribution < 1.29 is 23.1 Å². The minimum Gasteiger partial charge on any atom is -0.390 e. The fraction of sp³-hybridized carbons (Fsp3) is 0.421. The van der Waals surface area contributed by atoms with Crippen LogP contribution in [0.2, 0.25) is 0 Å². The van der Waals surface area contributed by atoms with Crippen molar-refractivity contribution in [3.63, 3.8) is 0 Å². The number of aromatic nitrogens is 2. The Morgan fingerprint density at radius 2 is 2.00 bits per heavy atom. The second kappa shape index (κ2) is 9.19. The molecule has 3 rings (SSSR count). The first-order chi connectivity index (χ1) is 13.8. The molecule has 2 unspecified atom stereocenters. The molecule has 1 aromatic heterocycles. The molecule has 1 fully saturated rings. The maximum atomic E-state index is 12.8. The number of likely N-dealkylation sites (tertiary alicyclic amines) is 1. The van der Waals surface area contributed by atoms with Gasteiger partial charge in [0.15, 0.2) is 0 Å². The van der Waals surface area contributed by atoms with E-state index < -0.39 is 29.8 Å². The third-order valence-corrected chi connectivity index (χ3v) is 4.71. The summed E-state index contributed by atoms with van der Waals surface area (Å²) in [6.07, 6.45) is -1.56. The standard InChI is InChI=1S/C19H22F3N5O2/c20-19(21,22)14-4-1-3-13(11-14)17(29)26-15-5-9-27(12-16(15)28)10-8-25-18-23-6-2-7-24-18/h1-4,6-7,11,15-16,28H,5,8-10,12H2,(H,26,29)(H,23,24,25). The van der Waals surface area contributed by atoms with Crippen LogP contribution >= 0.6 is 0 Å². The minimum absolute atomic E-state index is 0.0819. The number of rotatable bonds is 6. The molecule has 29 heavy (non-hydrogen) atoms. The van der Waals surface area contributed by atoms with Gasteiger partial charge in [0.2, 0.25) is 5.95 Å². The lowest BCUT2D eigenvalue weighted by Gasteiger charge is -2.36. The summed E-state index contributed by atoms with van der Waals surface area (Å²) in [6.45, 7) is 2.24. The third kappa shape index (κ3) is 5.88. The van der Waals surface area contributed by atoms with Gasteiger partial charge < -0.3 is 15.7 Å². The first-order valence-corrected chi connectivity index (χ1v) is 9.22. The first-order valence-electron chi connectivity index (χ1n) is 9.22. The average molecular weight is 409 g/mol. The highest BCUT2D eigenvalue weighted by molar-refractivity contribution is 5.94. The number of aliphatic hydroxyl groups excluding tert-OH is 1. The molecule has 2 heterocycles. The lowest BCUT2D eigenvalue weighted by atomic mass is 10.0. The molecule has 10 heteroatoms. The molecule has 1 saturated heterocycles. The van der Waals surface area contributed by atoms with Gasteiger partial charge in [0.25, 0.3) is 5.91 Å². The number of hydrogen-bond donors (Lipinski definition) is 3. The van der Waals surface area contributed by atoms with Crippen LogP contribution < -0.4 is 10.6 Å². The average Bonchev–Trinajstić information content (AvgIpc) is 2.70. The number of nitrogens with one attached hydrogen (secondary N) is 2. The normalized spacial score (nSPS) is 20.3. The van der Waals surface area contributed by atoms with E-state index >= 15 is 0 Å². The monoisotopic (exact) mass is 409 g/mol. The summed E-state index contributed by atoms with van der Waals surface area (Å²) < 4.78 is 38.4. The van der Waals surface area contributed by atoms with Crippen molar-refractivity contribution >= 4 is 11.9 Å². The molecule has 0 bridgehead atoms. The Kier molecular flexibility index (Phi) is 6.65. The highest BCUT2D eigenvalue weighted by Gasteiger charge is 2.32. The number of β-amino-alcohol motifs (C(OH)–C–C–N with tert-alkyl or cyclic N) is 1. The van der Waals surface area contributed by atoms with Gasteiger partial charge in [-0.2, -0.15) is 13.2 Å². The Bertz CT molecular complexity index is 819. The second-order valence-electron chi connectivity index (χ2n) is 6.81. The summed E-state index contributed by atoms with van der Waals surface area (Å²) in [6, 6.07) is 5.45. The molecule has 1 aliphatic rings. The number of aliphatic hydroxyl groups is 1. The smallest absolute Gasteiger partial charge is 0.390 e. The van der Waals surface area contributed by atoms with Crippen LogP contribution in [0.3, 0.4) is 0 Å². The van der Waals surface area contributed by atoms with Crippen LogP contribution in [0.4, 0.5) is 19.1 Å². The summed E-state index contributed by atoms with van der Waals surface area (Å²) in [5.41, 5.74) is -0.961. The van der Waals surface area contributed by atoms with Gasteiger partial charge in [-0.1, -0.05) is 6.07 Å². The zero-order valence-corrected chi connectivity index (χ0v) is 15.6. The van der Waals surface area contributed by atoms with E-state index in [1.165, 1.54) is 12.1 Å². The van der Waals surface area contributed by atoms with E-state index in [9.17, 15) is 23.1 Å². The topological polar surface area (TPSA) is 90.4 Å². The van der Waals surface area contributed by atoms with Crippen LogP contribution in [0.15, 0.2) is 42.7 Å². The molecule has 0 radical (unpaired) electrons. The Balaban J connectivity index is 1.48. The Labute approximate surface area is 166 Å². The largest absolute Gasteiger partial charge is 0.416 e. The van der Waals surface area contributed by atoms with E-state index in [1.54, 1.807) is 18.5 Å². The number of nitrogens with zero attached hydrogens (tertiary/aromatic N) is 3. The van der Waals surface area contributed by atoms with Gasteiger partial charge in [-0.3, -0.25) is 9.69 Å². The highest BCUT2D eigenvalue weighted by Crippen LogP contribution is 2.29. The van der Waals surface area contributed by atoms with Gasteiger partial charge in [0.05, 0.1) is 17.7 Å². The Morgan fingerprint density at radius 3 is 2.69 bits per heavy atom. The summed E-state index contributed by atoms with van der Waals surface area (Å²) in [5.74, 6) is -0.104. The number of amides is 1. The number of alkyl halides is 3. The van der Waals surface area contributed by atoms with Gasteiger partial charge in [0.1, 0.15) is 0 Å². The molecule has 156 valence electrons. The summed E-state index contributed by atoms with van der Waals surface area (Å²) >= 11 is 0. The second-order valence-corrected chi connectivity index (χ2v) is 6.81. The molecule has 3 N–H and O–H groups in total. The molecule has 2 atom stereocenters. The Hall–Kier alpha value is -2.72. The molecule has 1 aliphatic heterocycles. The zero-order valence-electron chi connectivity index (χ0n) is 15.6. The van der Waals surface area contributed by atoms with Crippen molar-refractivity contribution in [2.45, 2.75) is 24.7 Å². The van der Waals surface area contributed by atoms with Crippen molar-refractivity contribution in [1.82, 2.24) is 20.2 Å². The number of hydrogen-bond acceptors (Lipinski definition) is 6. The lowest BCUT2D eigenvalue weighted by molar-refractivity contribution is -0.137. The van der Waals surface area contributed by atoms with E-state index in [-0.39, 0.29) is 5.56 Å². The molecular formula is C19H22F3N5O2. The van der Waals surface area contributed by atoms with Gasteiger partial charge in [-0.15, -0.1) is 0 Å². The molecule has 1 aromatic carbocycles. The Morgan fingerprint density at radius 1 is 1.24 bits per heavy atom. The molecule has 0 spiro atoms. The lowest BCUT2D eigenvalue weighted by Crippen LogP contribution is -2.54. The number of piperidine rings is 1.